The normalized spacial score (nSPS) is 25.5. The van der Waals surface area contributed by atoms with E-state index in [0.717, 1.165) is 5.82 Å². The fourth-order valence-electron chi connectivity index (χ4n) is 2.79. The van der Waals surface area contributed by atoms with Gasteiger partial charge in [0.25, 0.3) is 0 Å². The lowest BCUT2D eigenvalue weighted by Crippen LogP contribution is -2.49. The van der Waals surface area contributed by atoms with E-state index in [1.807, 2.05) is 20.8 Å². The van der Waals surface area contributed by atoms with Crippen molar-refractivity contribution in [3.8, 4) is 0 Å². The van der Waals surface area contributed by atoms with Crippen LogP contribution in [0.15, 0.2) is 0 Å². The maximum Gasteiger partial charge on any atom is 0.245 e. The predicted octanol–water partition coefficient (Wildman–Crippen LogP) is 0.281. The van der Waals surface area contributed by atoms with Gasteiger partial charge in [0.1, 0.15) is 12.1 Å². The molecule has 0 saturated carbocycles. The first-order valence-electron chi connectivity index (χ1n) is 7.97. The first-order chi connectivity index (χ1) is 10.8. The number of hydrogen-bond donors (Lipinski definition) is 2. The molecule has 1 aromatic heterocycles. The Bertz CT molecular complexity index is 606. The number of morpholine rings is 1. The molecule has 8 nitrogen and oxygen atoms in total. The van der Waals surface area contributed by atoms with Crippen molar-refractivity contribution in [2.75, 3.05) is 19.7 Å². The van der Waals surface area contributed by atoms with Crippen molar-refractivity contribution >= 4 is 11.8 Å². The van der Waals surface area contributed by atoms with Crippen molar-refractivity contribution in [2.24, 2.45) is 0 Å². The second kappa shape index (κ2) is 5.92. The minimum atomic E-state index is -0.402. The van der Waals surface area contributed by atoms with Gasteiger partial charge in [-0.3, -0.25) is 14.7 Å². The topological polar surface area (TPSA) is 100 Å². The number of amides is 2. The molecule has 3 rings (SSSR count). The fraction of sp³-hybridized carbons (Fsp3) is 0.733. The predicted molar refractivity (Wildman–Crippen MR) is 81.5 cm³/mol. The second-order valence-electron chi connectivity index (χ2n) is 7.10. The van der Waals surface area contributed by atoms with Crippen LogP contribution in [0.4, 0.5) is 0 Å². The van der Waals surface area contributed by atoms with Gasteiger partial charge < -0.3 is 15.0 Å². The molecule has 23 heavy (non-hydrogen) atoms. The molecule has 2 amide bonds. The zero-order chi connectivity index (χ0) is 16.6. The minimum absolute atomic E-state index is 0.0419. The standard InChI is InChI=1S/C15H23N5O3/c1-15(2,3)14-17-12(18-19-14)10-8-20(6-7-23-10)13(22)9-4-5-11(21)16-9/h9-10H,4-8H2,1-3H3,(H,16,21)(H,17,18,19)/t9-,10-/m1/s1. The molecule has 8 heteroatoms. The number of nitrogens with one attached hydrogen (secondary N) is 2. The summed E-state index contributed by atoms with van der Waals surface area (Å²) in [6.45, 7) is 7.52. The number of hydrogen-bond acceptors (Lipinski definition) is 5. The summed E-state index contributed by atoms with van der Waals surface area (Å²) in [6, 6.07) is -0.402. The first-order valence-corrected chi connectivity index (χ1v) is 7.97. The molecule has 0 spiro atoms. The number of nitrogens with zero attached hydrogens (tertiary/aromatic N) is 3. The van der Waals surface area contributed by atoms with Crippen molar-refractivity contribution in [3.63, 3.8) is 0 Å². The number of ether oxygens (including phenoxy) is 1. The molecular weight excluding hydrogens is 298 g/mol. The lowest BCUT2D eigenvalue weighted by atomic mass is 9.96. The van der Waals surface area contributed by atoms with Gasteiger partial charge in [0, 0.05) is 18.4 Å². The van der Waals surface area contributed by atoms with Crippen LogP contribution in [-0.2, 0) is 19.7 Å². The Balaban J connectivity index is 1.67. The lowest BCUT2D eigenvalue weighted by Gasteiger charge is -2.33. The van der Waals surface area contributed by atoms with E-state index in [1.54, 1.807) is 4.90 Å². The largest absolute Gasteiger partial charge is 0.367 e. The maximum atomic E-state index is 12.5. The van der Waals surface area contributed by atoms with Crippen LogP contribution in [0, 0.1) is 0 Å². The first kappa shape index (κ1) is 15.9. The molecule has 0 aromatic carbocycles. The quantitative estimate of drug-likeness (QED) is 0.815. The van der Waals surface area contributed by atoms with Crippen molar-refractivity contribution in [3.05, 3.63) is 11.6 Å². The molecule has 2 atom stereocenters. The Morgan fingerprint density at radius 2 is 2.17 bits per heavy atom. The molecule has 0 aliphatic carbocycles. The third kappa shape index (κ3) is 3.36. The molecule has 3 heterocycles. The highest BCUT2D eigenvalue weighted by molar-refractivity contribution is 5.90. The number of aromatic amines is 1. The van der Waals surface area contributed by atoms with Gasteiger partial charge in [-0.2, -0.15) is 5.10 Å². The molecule has 0 unspecified atom stereocenters. The zero-order valence-electron chi connectivity index (χ0n) is 13.8. The lowest BCUT2D eigenvalue weighted by molar-refractivity contribution is -0.142. The van der Waals surface area contributed by atoms with Crippen LogP contribution in [0.5, 0.6) is 0 Å². The fourth-order valence-corrected chi connectivity index (χ4v) is 2.79. The van der Waals surface area contributed by atoms with Gasteiger partial charge in [-0.15, -0.1) is 0 Å². The number of carbonyl (C=O) groups is 2. The molecular formula is C15H23N5O3. The average molecular weight is 321 g/mol. The summed E-state index contributed by atoms with van der Waals surface area (Å²) in [4.78, 5) is 30.0. The summed E-state index contributed by atoms with van der Waals surface area (Å²) in [5.74, 6) is 1.27. The van der Waals surface area contributed by atoms with Gasteiger partial charge in [-0.25, -0.2) is 4.98 Å². The third-order valence-corrected chi connectivity index (χ3v) is 4.15. The number of rotatable bonds is 2. The van der Waals surface area contributed by atoms with Crippen LogP contribution < -0.4 is 5.32 Å². The Hall–Kier alpha value is -1.96. The molecule has 2 aliphatic heterocycles. The van der Waals surface area contributed by atoms with Gasteiger partial charge in [0.05, 0.1) is 13.2 Å². The summed E-state index contributed by atoms with van der Waals surface area (Å²) >= 11 is 0. The summed E-state index contributed by atoms with van der Waals surface area (Å²) in [6.07, 6.45) is 0.672. The summed E-state index contributed by atoms with van der Waals surface area (Å²) in [5, 5.41) is 9.89. The summed E-state index contributed by atoms with van der Waals surface area (Å²) in [7, 11) is 0. The average Bonchev–Trinajstić information content (AvgIpc) is 3.15. The van der Waals surface area contributed by atoms with Gasteiger partial charge >= 0.3 is 0 Å². The van der Waals surface area contributed by atoms with Gasteiger partial charge in [0.2, 0.25) is 11.8 Å². The van der Waals surface area contributed by atoms with Gasteiger partial charge in [-0.1, -0.05) is 20.8 Å². The van der Waals surface area contributed by atoms with E-state index in [-0.39, 0.29) is 23.3 Å². The highest BCUT2D eigenvalue weighted by Crippen LogP contribution is 2.24. The van der Waals surface area contributed by atoms with Gasteiger partial charge in [0.15, 0.2) is 11.6 Å². The summed E-state index contributed by atoms with van der Waals surface area (Å²) in [5.41, 5.74) is -0.146. The zero-order valence-corrected chi connectivity index (χ0v) is 13.8. The molecule has 126 valence electrons. The molecule has 2 fully saturated rings. The molecule has 0 bridgehead atoms. The van der Waals surface area contributed by atoms with Crippen LogP contribution in [-0.4, -0.2) is 57.6 Å². The Morgan fingerprint density at radius 1 is 1.39 bits per heavy atom. The number of H-pyrrole nitrogens is 1. The highest BCUT2D eigenvalue weighted by Gasteiger charge is 2.35. The molecule has 2 aliphatic rings. The van der Waals surface area contributed by atoms with Crippen molar-refractivity contribution < 1.29 is 14.3 Å². The Kier molecular flexibility index (Phi) is 4.09. The Labute approximate surface area is 135 Å². The molecule has 2 N–H and O–H groups in total. The summed E-state index contributed by atoms with van der Waals surface area (Å²) < 4.78 is 5.74. The van der Waals surface area contributed by atoms with E-state index >= 15 is 0 Å². The highest BCUT2D eigenvalue weighted by atomic mass is 16.5. The van der Waals surface area contributed by atoms with Crippen LogP contribution in [0.2, 0.25) is 0 Å². The second-order valence-corrected chi connectivity index (χ2v) is 7.10. The van der Waals surface area contributed by atoms with Crippen molar-refractivity contribution in [1.82, 2.24) is 25.4 Å². The van der Waals surface area contributed by atoms with Crippen LogP contribution >= 0.6 is 0 Å². The van der Waals surface area contributed by atoms with Crippen molar-refractivity contribution in [1.29, 1.82) is 0 Å². The van der Waals surface area contributed by atoms with Crippen molar-refractivity contribution in [2.45, 2.75) is 51.2 Å². The Morgan fingerprint density at radius 3 is 2.78 bits per heavy atom. The van der Waals surface area contributed by atoms with Crippen LogP contribution in [0.3, 0.4) is 0 Å². The number of carbonyl (C=O) groups excluding carboxylic acids is 2. The monoisotopic (exact) mass is 321 g/mol. The van der Waals surface area contributed by atoms with Crippen LogP contribution in [0.1, 0.15) is 51.4 Å². The van der Waals surface area contributed by atoms with E-state index in [4.69, 9.17) is 4.74 Å². The van der Waals surface area contributed by atoms with E-state index < -0.39 is 6.04 Å². The third-order valence-electron chi connectivity index (χ3n) is 4.15. The smallest absolute Gasteiger partial charge is 0.245 e. The maximum absolute atomic E-state index is 12.5. The van der Waals surface area contributed by atoms with E-state index in [2.05, 4.69) is 20.5 Å². The van der Waals surface area contributed by atoms with E-state index in [0.29, 0.717) is 38.4 Å². The van der Waals surface area contributed by atoms with Gasteiger partial charge in [-0.05, 0) is 6.42 Å². The van der Waals surface area contributed by atoms with E-state index in [9.17, 15) is 9.59 Å². The minimum Gasteiger partial charge on any atom is -0.367 e. The van der Waals surface area contributed by atoms with E-state index in [1.165, 1.54) is 0 Å². The molecule has 0 radical (unpaired) electrons. The molecule has 1 aromatic rings. The molecule has 2 saturated heterocycles. The number of aromatic nitrogens is 3. The SMILES string of the molecule is CC(C)(C)c1n[nH]c([C@H]2CN(C(=O)[C@H]3CCC(=O)N3)CCO2)n1. The van der Waals surface area contributed by atoms with Crippen LogP contribution in [0.25, 0.3) is 0 Å².